The Morgan fingerprint density at radius 2 is 1.77 bits per heavy atom. The molecule has 1 saturated heterocycles. The summed E-state index contributed by atoms with van der Waals surface area (Å²) in [5.74, 6) is 1.30. The van der Waals surface area contributed by atoms with Crippen LogP contribution in [0.5, 0.6) is 11.5 Å². The van der Waals surface area contributed by atoms with Gasteiger partial charge in [0.2, 0.25) is 0 Å². The number of carbonyl (C=O) groups is 1. The van der Waals surface area contributed by atoms with E-state index < -0.39 is 0 Å². The molecule has 158 valence electrons. The number of ether oxygens (including phenoxy) is 2. The lowest BCUT2D eigenvalue weighted by Crippen LogP contribution is -2.49. The number of carbonyl (C=O) groups excluding carboxylic acids is 1. The monoisotopic (exact) mass is 410 g/mol. The standard InChI is InChI=1S/C21H26N6O3/c1-13-20(14(2)23-22-13)26-7-9-27(10-8-26)21(28)18-12-17(24-25-18)16-11-15(29-3)5-6-19(16)30-4/h5-6,11-12H,7-10H2,1-4H3,(H,22,23)(H,24,25). The fourth-order valence-corrected chi connectivity index (χ4v) is 3.90. The Bertz CT molecular complexity index is 1030. The molecule has 1 fully saturated rings. The lowest BCUT2D eigenvalue weighted by atomic mass is 10.1. The molecule has 30 heavy (non-hydrogen) atoms. The van der Waals surface area contributed by atoms with Crippen LogP contribution in [-0.4, -0.2) is 71.6 Å². The number of piperazine rings is 1. The van der Waals surface area contributed by atoms with Gasteiger partial charge in [-0.1, -0.05) is 0 Å². The zero-order valence-electron chi connectivity index (χ0n) is 17.7. The number of aromatic amines is 2. The van der Waals surface area contributed by atoms with Crippen molar-refractivity contribution >= 4 is 11.6 Å². The first-order valence-corrected chi connectivity index (χ1v) is 9.85. The van der Waals surface area contributed by atoms with Gasteiger partial charge in [-0.05, 0) is 38.1 Å². The normalized spacial score (nSPS) is 14.1. The minimum absolute atomic E-state index is 0.0594. The highest BCUT2D eigenvalue weighted by molar-refractivity contribution is 5.93. The molecule has 0 radical (unpaired) electrons. The van der Waals surface area contributed by atoms with Crippen LogP contribution < -0.4 is 14.4 Å². The maximum absolute atomic E-state index is 13.0. The SMILES string of the molecule is COc1ccc(OC)c(-c2cc(C(=O)N3CCN(c4c(C)n[nH]c4C)CC3)[nH]n2)c1. The first-order chi connectivity index (χ1) is 14.5. The second-order valence-electron chi connectivity index (χ2n) is 7.29. The number of aryl methyl sites for hydroxylation is 2. The molecule has 4 rings (SSSR count). The van der Waals surface area contributed by atoms with Gasteiger partial charge in [0.25, 0.3) is 5.91 Å². The van der Waals surface area contributed by atoms with Gasteiger partial charge in [-0.3, -0.25) is 15.0 Å². The molecule has 0 aliphatic carbocycles. The van der Waals surface area contributed by atoms with Crippen molar-refractivity contribution in [3.63, 3.8) is 0 Å². The van der Waals surface area contributed by atoms with Gasteiger partial charge in [-0.2, -0.15) is 10.2 Å². The Kier molecular flexibility index (Phi) is 5.35. The van der Waals surface area contributed by atoms with E-state index >= 15 is 0 Å². The van der Waals surface area contributed by atoms with E-state index in [9.17, 15) is 4.79 Å². The fourth-order valence-electron chi connectivity index (χ4n) is 3.90. The molecular weight excluding hydrogens is 384 g/mol. The van der Waals surface area contributed by atoms with Crippen molar-refractivity contribution in [2.75, 3.05) is 45.3 Å². The Morgan fingerprint density at radius 1 is 1.00 bits per heavy atom. The summed E-state index contributed by atoms with van der Waals surface area (Å²) in [6.45, 7) is 6.82. The Labute approximate surface area is 175 Å². The minimum Gasteiger partial charge on any atom is -0.497 e. The van der Waals surface area contributed by atoms with Crippen LogP contribution in [0.4, 0.5) is 5.69 Å². The van der Waals surface area contributed by atoms with Crippen molar-refractivity contribution in [3.05, 3.63) is 41.3 Å². The lowest BCUT2D eigenvalue weighted by molar-refractivity contribution is 0.0741. The number of hydrogen-bond donors (Lipinski definition) is 2. The van der Waals surface area contributed by atoms with Crippen LogP contribution in [0.2, 0.25) is 0 Å². The second-order valence-corrected chi connectivity index (χ2v) is 7.29. The number of methoxy groups -OCH3 is 2. The zero-order valence-corrected chi connectivity index (χ0v) is 17.7. The van der Waals surface area contributed by atoms with Crippen LogP contribution >= 0.6 is 0 Å². The van der Waals surface area contributed by atoms with Gasteiger partial charge in [-0.25, -0.2) is 0 Å². The molecule has 1 aliphatic heterocycles. The van der Waals surface area contributed by atoms with Crippen LogP contribution in [0, 0.1) is 13.8 Å². The van der Waals surface area contributed by atoms with E-state index in [0.29, 0.717) is 36.0 Å². The van der Waals surface area contributed by atoms with Crippen molar-refractivity contribution in [1.82, 2.24) is 25.3 Å². The smallest absolute Gasteiger partial charge is 0.272 e. The summed E-state index contributed by atoms with van der Waals surface area (Å²) in [6, 6.07) is 7.25. The molecule has 0 spiro atoms. The summed E-state index contributed by atoms with van der Waals surface area (Å²) in [5.41, 5.74) is 5.03. The number of amides is 1. The quantitative estimate of drug-likeness (QED) is 0.670. The van der Waals surface area contributed by atoms with E-state index in [1.165, 1.54) is 0 Å². The largest absolute Gasteiger partial charge is 0.497 e. The first kappa shape index (κ1) is 19.8. The van der Waals surface area contributed by atoms with Gasteiger partial charge in [0.15, 0.2) is 0 Å². The van der Waals surface area contributed by atoms with E-state index in [-0.39, 0.29) is 5.91 Å². The lowest BCUT2D eigenvalue weighted by Gasteiger charge is -2.35. The molecule has 1 amide bonds. The topological polar surface area (TPSA) is 99.4 Å². The number of H-pyrrole nitrogens is 2. The Balaban J connectivity index is 1.48. The molecule has 3 aromatic rings. The highest BCUT2D eigenvalue weighted by Crippen LogP contribution is 2.32. The molecule has 0 bridgehead atoms. The molecule has 9 heteroatoms. The van der Waals surface area contributed by atoms with Crippen LogP contribution in [0.15, 0.2) is 24.3 Å². The number of rotatable bonds is 5. The van der Waals surface area contributed by atoms with Crippen molar-refractivity contribution < 1.29 is 14.3 Å². The highest BCUT2D eigenvalue weighted by Gasteiger charge is 2.26. The number of hydrogen-bond acceptors (Lipinski definition) is 6. The van der Waals surface area contributed by atoms with E-state index in [4.69, 9.17) is 9.47 Å². The number of aromatic nitrogens is 4. The first-order valence-electron chi connectivity index (χ1n) is 9.85. The third-order valence-corrected chi connectivity index (χ3v) is 5.46. The molecule has 2 N–H and O–H groups in total. The van der Waals surface area contributed by atoms with E-state index in [0.717, 1.165) is 35.7 Å². The second kappa shape index (κ2) is 8.10. The summed E-state index contributed by atoms with van der Waals surface area (Å²) >= 11 is 0. The molecule has 0 unspecified atom stereocenters. The van der Waals surface area contributed by atoms with Gasteiger partial charge >= 0.3 is 0 Å². The molecule has 3 heterocycles. The predicted octanol–water partition coefficient (Wildman–Crippen LogP) is 2.40. The highest BCUT2D eigenvalue weighted by atomic mass is 16.5. The fraction of sp³-hybridized carbons (Fsp3) is 0.381. The van der Waals surface area contributed by atoms with E-state index in [1.807, 2.05) is 36.9 Å². The summed E-state index contributed by atoms with van der Waals surface area (Å²) < 4.78 is 10.7. The molecule has 9 nitrogen and oxygen atoms in total. The van der Waals surface area contributed by atoms with Gasteiger partial charge in [-0.15, -0.1) is 0 Å². The van der Waals surface area contributed by atoms with Crippen molar-refractivity contribution in [1.29, 1.82) is 0 Å². The van der Waals surface area contributed by atoms with Crippen LogP contribution in [0.3, 0.4) is 0 Å². The van der Waals surface area contributed by atoms with E-state index in [1.54, 1.807) is 20.3 Å². The molecule has 0 saturated carbocycles. The third-order valence-electron chi connectivity index (χ3n) is 5.46. The maximum atomic E-state index is 13.0. The summed E-state index contributed by atoms with van der Waals surface area (Å²) in [5, 5.41) is 14.5. The van der Waals surface area contributed by atoms with Crippen molar-refractivity contribution in [3.8, 4) is 22.8 Å². The number of nitrogens with one attached hydrogen (secondary N) is 2. The average molecular weight is 410 g/mol. The van der Waals surface area contributed by atoms with Crippen LogP contribution in [-0.2, 0) is 0 Å². The average Bonchev–Trinajstić information content (AvgIpc) is 3.39. The van der Waals surface area contributed by atoms with Gasteiger partial charge in [0.1, 0.15) is 17.2 Å². The number of benzene rings is 1. The molecule has 0 atom stereocenters. The van der Waals surface area contributed by atoms with Crippen LogP contribution in [0.25, 0.3) is 11.3 Å². The van der Waals surface area contributed by atoms with E-state index in [2.05, 4.69) is 25.3 Å². The summed E-state index contributed by atoms with van der Waals surface area (Å²) in [7, 11) is 3.21. The summed E-state index contributed by atoms with van der Waals surface area (Å²) in [4.78, 5) is 17.1. The Hall–Kier alpha value is -3.49. The van der Waals surface area contributed by atoms with Gasteiger partial charge in [0, 0.05) is 31.7 Å². The molecular formula is C21H26N6O3. The van der Waals surface area contributed by atoms with Crippen molar-refractivity contribution in [2.24, 2.45) is 0 Å². The zero-order chi connectivity index (χ0) is 21.3. The Morgan fingerprint density at radius 3 is 2.40 bits per heavy atom. The third kappa shape index (κ3) is 3.58. The predicted molar refractivity (Wildman–Crippen MR) is 113 cm³/mol. The molecule has 1 aromatic carbocycles. The number of nitrogens with zero attached hydrogens (tertiary/aromatic N) is 4. The molecule has 2 aromatic heterocycles. The van der Waals surface area contributed by atoms with Gasteiger partial charge < -0.3 is 19.3 Å². The van der Waals surface area contributed by atoms with Gasteiger partial charge in [0.05, 0.1) is 37.0 Å². The molecule has 1 aliphatic rings. The van der Waals surface area contributed by atoms with Crippen molar-refractivity contribution in [2.45, 2.75) is 13.8 Å². The number of anilines is 1. The minimum atomic E-state index is -0.0594. The maximum Gasteiger partial charge on any atom is 0.272 e. The summed E-state index contributed by atoms with van der Waals surface area (Å²) in [6.07, 6.45) is 0. The van der Waals surface area contributed by atoms with Crippen LogP contribution in [0.1, 0.15) is 21.9 Å².